The van der Waals surface area contributed by atoms with Crippen molar-refractivity contribution >= 4 is 108 Å². The Labute approximate surface area is 391 Å². The molecular formula is C61H34N4O2S. The summed E-state index contributed by atoms with van der Waals surface area (Å²) in [7, 11) is 0. The van der Waals surface area contributed by atoms with Gasteiger partial charge in [-0.1, -0.05) is 121 Å². The maximum absolute atomic E-state index is 6.39. The first-order chi connectivity index (χ1) is 33.7. The third kappa shape index (κ3) is 5.60. The van der Waals surface area contributed by atoms with Crippen LogP contribution in [0.2, 0.25) is 0 Å². The Bertz CT molecular complexity index is 4460. The lowest BCUT2D eigenvalue weighted by atomic mass is 9.95. The van der Waals surface area contributed by atoms with Crippen LogP contribution in [0.5, 0.6) is 0 Å². The molecule has 15 rings (SSSR count). The molecule has 316 valence electrons. The van der Waals surface area contributed by atoms with E-state index in [0.717, 1.165) is 88.4 Å². The summed E-state index contributed by atoms with van der Waals surface area (Å²) < 4.78 is 17.7. The van der Waals surface area contributed by atoms with Crippen molar-refractivity contribution in [2.75, 3.05) is 0 Å². The van der Waals surface area contributed by atoms with Gasteiger partial charge in [-0.2, -0.15) is 0 Å². The van der Waals surface area contributed by atoms with Crippen LogP contribution in [-0.2, 0) is 0 Å². The van der Waals surface area contributed by atoms with Gasteiger partial charge in [0.1, 0.15) is 22.3 Å². The molecule has 5 heterocycles. The second-order valence-corrected chi connectivity index (χ2v) is 18.6. The predicted octanol–water partition coefficient (Wildman–Crippen LogP) is 17.0. The molecule has 5 aromatic heterocycles. The highest BCUT2D eigenvalue weighted by Gasteiger charge is 2.22. The fourth-order valence-electron chi connectivity index (χ4n) is 10.5. The number of aromatic nitrogens is 4. The van der Waals surface area contributed by atoms with E-state index < -0.39 is 0 Å². The lowest BCUT2D eigenvalue weighted by molar-refractivity contribution is 0.668. The first-order valence-corrected chi connectivity index (χ1v) is 23.6. The number of thiophene rings is 1. The van der Waals surface area contributed by atoms with Gasteiger partial charge in [-0.3, -0.25) is 0 Å². The monoisotopic (exact) mass is 886 g/mol. The van der Waals surface area contributed by atoms with Gasteiger partial charge in [-0.05, 0) is 101 Å². The largest absolute Gasteiger partial charge is 0.456 e. The van der Waals surface area contributed by atoms with E-state index >= 15 is 0 Å². The minimum atomic E-state index is 0.544. The predicted molar refractivity (Wildman–Crippen MR) is 281 cm³/mol. The summed E-state index contributed by atoms with van der Waals surface area (Å²) in [6.07, 6.45) is 0. The van der Waals surface area contributed by atoms with Crippen LogP contribution in [0.3, 0.4) is 0 Å². The summed E-state index contributed by atoms with van der Waals surface area (Å²) in [6.45, 7) is 0. The van der Waals surface area contributed by atoms with E-state index in [1.807, 2.05) is 59.9 Å². The Morgan fingerprint density at radius 2 is 0.868 bits per heavy atom. The molecule has 0 aliphatic carbocycles. The fourth-order valence-corrected chi connectivity index (χ4v) is 11.6. The molecular weight excluding hydrogens is 853 g/mol. The van der Waals surface area contributed by atoms with Gasteiger partial charge < -0.3 is 13.4 Å². The van der Waals surface area contributed by atoms with Crippen LogP contribution in [0.1, 0.15) is 0 Å². The van der Waals surface area contributed by atoms with Gasteiger partial charge in [0.05, 0.1) is 16.7 Å². The van der Waals surface area contributed by atoms with Gasteiger partial charge >= 0.3 is 0 Å². The van der Waals surface area contributed by atoms with Gasteiger partial charge in [-0.25, -0.2) is 15.0 Å². The van der Waals surface area contributed by atoms with Crippen LogP contribution in [0, 0.1) is 0 Å². The van der Waals surface area contributed by atoms with Gasteiger partial charge in [0.2, 0.25) is 0 Å². The van der Waals surface area contributed by atoms with Gasteiger partial charge in [-0.15, -0.1) is 11.3 Å². The van der Waals surface area contributed by atoms with E-state index in [1.165, 1.54) is 41.7 Å². The number of hydrogen-bond acceptors (Lipinski definition) is 6. The number of para-hydroxylation sites is 3. The molecule has 6 nitrogen and oxygen atoms in total. The Balaban J connectivity index is 1.00. The standard InChI is InChI=1S/C61H34N4O2S/c1-2-13-36-32-51-47(30-35(36)12-1)40-14-3-7-19-49(40)65(51)50-29-26-37(31-48(50)45-18-11-23-57-58(45)46-17-6-10-22-56(46)68-57)59-62-60(38-24-27-43-41-15-4-8-20-52(41)66-54(43)33-38)64-61(63-59)39-25-28-44-42-16-5-9-21-53(42)67-55(44)34-39/h1-34H. The first kappa shape index (κ1) is 37.3. The highest BCUT2D eigenvalue weighted by Crippen LogP contribution is 2.45. The van der Waals surface area contributed by atoms with Crippen molar-refractivity contribution in [3.63, 3.8) is 0 Å². The van der Waals surface area contributed by atoms with E-state index in [4.69, 9.17) is 23.8 Å². The Morgan fingerprint density at radius 1 is 0.338 bits per heavy atom. The van der Waals surface area contributed by atoms with E-state index in [1.54, 1.807) is 0 Å². The van der Waals surface area contributed by atoms with E-state index in [2.05, 4.69) is 162 Å². The molecule has 0 spiro atoms. The minimum Gasteiger partial charge on any atom is -0.456 e. The molecule has 0 N–H and O–H groups in total. The summed E-state index contributed by atoms with van der Waals surface area (Å²) in [5.41, 5.74) is 11.3. The van der Waals surface area contributed by atoms with Crippen molar-refractivity contribution < 1.29 is 8.83 Å². The normalized spacial score (nSPS) is 12.1. The second kappa shape index (κ2) is 14.3. The Hall–Kier alpha value is -8.91. The van der Waals surface area contributed by atoms with E-state index in [9.17, 15) is 0 Å². The minimum absolute atomic E-state index is 0.544. The molecule has 0 aliphatic rings. The third-order valence-corrected chi connectivity index (χ3v) is 14.8. The molecule has 0 atom stereocenters. The van der Waals surface area contributed by atoms with Crippen LogP contribution < -0.4 is 0 Å². The molecule has 0 amide bonds. The average Bonchev–Trinajstić information content (AvgIpc) is 4.16. The number of benzene rings is 10. The maximum atomic E-state index is 6.39. The summed E-state index contributed by atoms with van der Waals surface area (Å²) in [4.78, 5) is 15.9. The molecule has 0 saturated heterocycles. The first-order valence-electron chi connectivity index (χ1n) is 22.7. The molecule has 0 fully saturated rings. The van der Waals surface area contributed by atoms with Crippen LogP contribution in [0.15, 0.2) is 215 Å². The average molecular weight is 887 g/mol. The lowest BCUT2D eigenvalue weighted by Crippen LogP contribution is -2.02. The van der Waals surface area contributed by atoms with Gasteiger partial charge in [0.25, 0.3) is 0 Å². The zero-order valence-electron chi connectivity index (χ0n) is 36.1. The number of fused-ring (bicyclic) bond motifs is 13. The Kier molecular flexibility index (Phi) is 7.85. The third-order valence-electron chi connectivity index (χ3n) is 13.6. The van der Waals surface area contributed by atoms with Crippen LogP contribution in [-0.4, -0.2) is 19.5 Å². The molecule has 68 heavy (non-hydrogen) atoms. The van der Waals surface area contributed by atoms with Crippen LogP contribution in [0.25, 0.3) is 148 Å². The SMILES string of the molecule is c1ccc2cc3c(cc2c1)c1ccccc1n3-c1ccc(-c2nc(-c3ccc4c(c3)oc3ccccc34)nc(-c3ccc4c(c3)oc3ccccc34)n2)cc1-c1cccc2sc3ccccc3c12. The summed E-state index contributed by atoms with van der Waals surface area (Å²) in [5, 5.41) is 11.5. The smallest absolute Gasteiger partial charge is 0.164 e. The quantitative estimate of drug-likeness (QED) is 0.172. The summed E-state index contributed by atoms with van der Waals surface area (Å²) in [5.74, 6) is 1.65. The topological polar surface area (TPSA) is 69.9 Å². The maximum Gasteiger partial charge on any atom is 0.164 e. The van der Waals surface area contributed by atoms with Gasteiger partial charge in [0.15, 0.2) is 17.5 Å². The molecule has 7 heteroatoms. The molecule has 0 unspecified atom stereocenters. The molecule has 0 saturated carbocycles. The number of furan rings is 2. The molecule has 15 aromatic rings. The summed E-state index contributed by atoms with van der Waals surface area (Å²) >= 11 is 1.83. The van der Waals surface area contributed by atoms with Gasteiger partial charge in [0, 0.05) is 74.7 Å². The second-order valence-electron chi connectivity index (χ2n) is 17.5. The number of rotatable bonds is 5. The Morgan fingerprint density at radius 3 is 1.56 bits per heavy atom. The molecule has 0 radical (unpaired) electrons. The zero-order chi connectivity index (χ0) is 44.5. The van der Waals surface area contributed by atoms with Crippen molar-refractivity contribution in [1.82, 2.24) is 19.5 Å². The van der Waals surface area contributed by atoms with Crippen molar-refractivity contribution in [2.45, 2.75) is 0 Å². The molecule has 10 aromatic carbocycles. The number of nitrogens with zero attached hydrogens (tertiary/aromatic N) is 4. The lowest BCUT2D eigenvalue weighted by Gasteiger charge is -2.17. The van der Waals surface area contributed by atoms with Crippen molar-refractivity contribution in [2.24, 2.45) is 0 Å². The van der Waals surface area contributed by atoms with Crippen molar-refractivity contribution in [3.8, 4) is 51.0 Å². The molecule has 0 aliphatic heterocycles. The highest BCUT2D eigenvalue weighted by molar-refractivity contribution is 7.25. The summed E-state index contributed by atoms with van der Waals surface area (Å²) in [6, 6.07) is 72.9. The molecule has 0 bridgehead atoms. The number of hydrogen-bond donors (Lipinski definition) is 0. The van der Waals surface area contributed by atoms with Crippen molar-refractivity contribution in [1.29, 1.82) is 0 Å². The highest BCUT2D eigenvalue weighted by atomic mass is 32.1. The van der Waals surface area contributed by atoms with Crippen LogP contribution in [0.4, 0.5) is 0 Å². The van der Waals surface area contributed by atoms with E-state index in [-0.39, 0.29) is 0 Å². The fraction of sp³-hybridized carbons (Fsp3) is 0. The zero-order valence-corrected chi connectivity index (χ0v) is 37.0. The van der Waals surface area contributed by atoms with E-state index in [0.29, 0.717) is 17.5 Å². The van der Waals surface area contributed by atoms with Crippen LogP contribution >= 0.6 is 11.3 Å². The van der Waals surface area contributed by atoms with Crippen molar-refractivity contribution in [3.05, 3.63) is 206 Å².